The average Bonchev–Trinajstić information content (AvgIpc) is 3.45. The summed E-state index contributed by atoms with van der Waals surface area (Å²) in [7, 11) is 0. The highest BCUT2D eigenvalue weighted by Gasteiger charge is 2.30. The van der Waals surface area contributed by atoms with E-state index in [0.29, 0.717) is 23.6 Å². The molecule has 4 heterocycles. The number of anilines is 1. The number of phenols is 1. The summed E-state index contributed by atoms with van der Waals surface area (Å²) >= 11 is 3.03. The van der Waals surface area contributed by atoms with Gasteiger partial charge in [0.1, 0.15) is 10.6 Å². The molecule has 9 heteroatoms. The first-order valence-corrected chi connectivity index (χ1v) is 11.1. The van der Waals surface area contributed by atoms with Crippen LogP contribution in [0.25, 0.3) is 20.9 Å². The molecular formula is C22H16N4O3S2. The maximum atomic E-state index is 12.4. The Bertz CT molecular complexity index is 1360. The molecular weight excluding hydrogens is 432 g/mol. The molecule has 0 saturated heterocycles. The quantitative estimate of drug-likeness (QED) is 0.441. The van der Waals surface area contributed by atoms with Crippen molar-refractivity contribution in [2.75, 3.05) is 5.43 Å². The lowest BCUT2D eigenvalue weighted by Crippen LogP contribution is -2.36. The summed E-state index contributed by atoms with van der Waals surface area (Å²) in [6.07, 6.45) is 1.92. The summed E-state index contributed by atoms with van der Waals surface area (Å²) in [5.41, 5.74) is 4.25. The van der Waals surface area contributed by atoms with Crippen LogP contribution in [0.5, 0.6) is 5.75 Å². The van der Waals surface area contributed by atoms with E-state index in [4.69, 9.17) is 4.98 Å². The number of hydrazine groups is 1. The predicted molar refractivity (Wildman–Crippen MR) is 121 cm³/mol. The number of imide groups is 1. The van der Waals surface area contributed by atoms with Crippen LogP contribution >= 0.6 is 22.7 Å². The second kappa shape index (κ2) is 7.60. The van der Waals surface area contributed by atoms with Gasteiger partial charge in [0.15, 0.2) is 11.6 Å². The van der Waals surface area contributed by atoms with E-state index >= 15 is 0 Å². The van der Waals surface area contributed by atoms with Gasteiger partial charge in [-0.2, -0.15) is 5.01 Å². The van der Waals surface area contributed by atoms with Gasteiger partial charge >= 0.3 is 0 Å². The summed E-state index contributed by atoms with van der Waals surface area (Å²) in [5.74, 6) is 0.317. The molecule has 154 valence electrons. The van der Waals surface area contributed by atoms with Crippen LogP contribution in [0.15, 0.2) is 59.5 Å². The zero-order chi connectivity index (χ0) is 21.5. The monoisotopic (exact) mass is 448 g/mol. The number of phenolic OH excluding ortho intramolecular Hbond substituents is 1. The van der Waals surface area contributed by atoms with Gasteiger partial charge in [-0.3, -0.25) is 15.0 Å². The Morgan fingerprint density at radius 2 is 2.00 bits per heavy atom. The number of amides is 2. The number of benzene rings is 1. The van der Waals surface area contributed by atoms with Crippen LogP contribution in [0.2, 0.25) is 0 Å². The molecule has 0 fully saturated rings. The van der Waals surface area contributed by atoms with Crippen molar-refractivity contribution >= 4 is 50.5 Å². The Kier molecular flexibility index (Phi) is 4.76. The average molecular weight is 449 g/mol. The summed E-state index contributed by atoms with van der Waals surface area (Å²) < 4.78 is 0. The van der Waals surface area contributed by atoms with Crippen LogP contribution in [-0.2, 0) is 16.0 Å². The molecule has 31 heavy (non-hydrogen) atoms. The molecule has 0 atom stereocenters. The van der Waals surface area contributed by atoms with E-state index in [-0.39, 0.29) is 5.75 Å². The van der Waals surface area contributed by atoms with Crippen LogP contribution in [0, 0.1) is 0 Å². The summed E-state index contributed by atoms with van der Waals surface area (Å²) in [5, 5.41) is 13.4. The molecule has 0 radical (unpaired) electrons. The molecule has 5 rings (SSSR count). The van der Waals surface area contributed by atoms with Crippen molar-refractivity contribution in [2.45, 2.75) is 13.3 Å². The number of hydrogen-bond acceptors (Lipinski definition) is 8. The largest absolute Gasteiger partial charge is 0.508 e. The van der Waals surface area contributed by atoms with Crippen molar-refractivity contribution < 1.29 is 14.7 Å². The topological polar surface area (TPSA) is 95.4 Å². The Morgan fingerprint density at radius 1 is 1.13 bits per heavy atom. The molecule has 2 amide bonds. The first kappa shape index (κ1) is 19.4. The second-order valence-electron chi connectivity index (χ2n) is 7.07. The lowest BCUT2D eigenvalue weighted by molar-refractivity contribution is -0.135. The van der Waals surface area contributed by atoms with Crippen molar-refractivity contribution in [1.82, 2.24) is 15.0 Å². The van der Waals surface area contributed by atoms with Gasteiger partial charge in [-0.25, -0.2) is 9.97 Å². The smallest absolute Gasteiger partial charge is 0.275 e. The molecule has 7 nitrogen and oxygen atoms in total. The van der Waals surface area contributed by atoms with Crippen LogP contribution in [-0.4, -0.2) is 31.9 Å². The summed E-state index contributed by atoms with van der Waals surface area (Å²) in [6, 6.07) is 12.9. The molecule has 0 spiro atoms. The fraction of sp³-hybridized carbons (Fsp3) is 0.0909. The number of rotatable bonds is 5. The van der Waals surface area contributed by atoms with Crippen LogP contribution in [0.3, 0.4) is 0 Å². The van der Waals surface area contributed by atoms with Crippen molar-refractivity contribution in [3.05, 3.63) is 69.9 Å². The standard InChI is InChI=1S/C22H16N4O3S2/c1-12-8-18(28)26(22(12)29)25-19-16-11-15(10-13-4-2-5-14(27)9-13)31-21(16)24-20(23-19)17-6-3-7-30-17/h2-9,11,27H,10H2,1H3,(H,23,24,25). The number of hydrogen-bond donors (Lipinski definition) is 2. The van der Waals surface area contributed by atoms with Crippen LogP contribution in [0.1, 0.15) is 17.4 Å². The predicted octanol–water partition coefficient (Wildman–Crippen LogP) is 4.36. The number of carbonyl (C=O) groups excluding carboxylic acids is 2. The molecule has 0 unspecified atom stereocenters. The van der Waals surface area contributed by atoms with E-state index in [0.717, 1.165) is 30.5 Å². The molecule has 1 aliphatic heterocycles. The number of thiophene rings is 2. The van der Waals surface area contributed by atoms with Crippen LogP contribution < -0.4 is 5.43 Å². The van der Waals surface area contributed by atoms with Gasteiger partial charge in [-0.15, -0.1) is 22.7 Å². The number of nitrogens with zero attached hydrogens (tertiary/aromatic N) is 3. The number of aromatic hydroxyl groups is 1. The minimum absolute atomic E-state index is 0.217. The van der Waals surface area contributed by atoms with E-state index in [2.05, 4.69) is 10.4 Å². The maximum absolute atomic E-state index is 12.4. The molecule has 3 aromatic heterocycles. The summed E-state index contributed by atoms with van der Waals surface area (Å²) in [6.45, 7) is 1.60. The highest BCUT2D eigenvalue weighted by atomic mass is 32.1. The molecule has 0 bridgehead atoms. The van der Waals surface area contributed by atoms with Crippen molar-refractivity contribution in [3.8, 4) is 16.5 Å². The van der Waals surface area contributed by atoms with Gasteiger partial charge in [0.25, 0.3) is 11.8 Å². The van der Waals surface area contributed by atoms with Crippen molar-refractivity contribution in [1.29, 1.82) is 0 Å². The van der Waals surface area contributed by atoms with Crippen molar-refractivity contribution in [3.63, 3.8) is 0 Å². The third kappa shape index (κ3) is 3.69. The third-order valence-electron chi connectivity index (χ3n) is 4.79. The number of nitrogens with one attached hydrogen (secondary N) is 1. The van der Waals surface area contributed by atoms with E-state index in [1.807, 2.05) is 29.6 Å². The first-order valence-electron chi connectivity index (χ1n) is 9.43. The molecule has 0 aliphatic carbocycles. The van der Waals surface area contributed by atoms with Gasteiger partial charge < -0.3 is 5.11 Å². The van der Waals surface area contributed by atoms with Gasteiger partial charge in [-0.05, 0) is 42.1 Å². The van der Waals surface area contributed by atoms with Gasteiger partial charge in [0, 0.05) is 22.9 Å². The lowest BCUT2D eigenvalue weighted by atomic mass is 10.1. The van der Waals surface area contributed by atoms with E-state index in [1.165, 1.54) is 28.7 Å². The highest BCUT2D eigenvalue weighted by Crippen LogP contribution is 2.34. The van der Waals surface area contributed by atoms with E-state index in [9.17, 15) is 14.7 Å². The molecule has 1 aliphatic rings. The van der Waals surface area contributed by atoms with E-state index < -0.39 is 11.8 Å². The Balaban J connectivity index is 1.57. The zero-order valence-corrected chi connectivity index (χ0v) is 18.0. The normalized spacial score (nSPS) is 13.8. The summed E-state index contributed by atoms with van der Waals surface area (Å²) in [4.78, 5) is 36.6. The Labute approximate surface area is 185 Å². The number of aromatic nitrogens is 2. The fourth-order valence-electron chi connectivity index (χ4n) is 3.33. The number of fused-ring (bicyclic) bond motifs is 1. The third-order valence-corrected chi connectivity index (χ3v) is 6.69. The lowest BCUT2D eigenvalue weighted by Gasteiger charge is -2.17. The van der Waals surface area contributed by atoms with Crippen molar-refractivity contribution in [2.24, 2.45) is 0 Å². The SMILES string of the molecule is CC1=CC(=O)N(Nc2nc(-c3cccs3)nc3sc(Cc4cccc(O)c4)cc23)C1=O. The second-order valence-corrected chi connectivity index (χ2v) is 9.13. The minimum Gasteiger partial charge on any atom is -0.508 e. The first-order chi connectivity index (χ1) is 15.0. The zero-order valence-electron chi connectivity index (χ0n) is 16.3. The highest BCUT2D eigenvalue weighted by molar-refractivity contribution is 7.18. The molecule has 0 saturated carbocycles. The minimum atomic E-state index is -0.429. The Morgan fingerprint density at radius 3 is 2.71 bits per heavy atom. The van der Waals surface area contributed by atoms with Gasteiger partial charge in [0.2, 0.25) is 0 Å². The Hall–Kier alpha value is -3.56. The van der Waals surface area contributed by atoms with E-state index in [1.54, 1.807) is 25.1 Å². The molecule has 1 aromatic carbocycles. The molecule has 2 N–H and O–H groups in total. The van der Waals surface area contributed by atoms with Gasteiger partial charge in [0.05, 0.1) is 10.3 Å². The van der Waals surface area contributed by atoms with Crippen LogP contribution in [0.4, 0.5) is 5.82 Å². The number of carbonyl (C=O) groups is 2. The maximum Gasteiger partial charge on any atom is 0.275 e. The fourth-order valence-corrected chi connectivity index (χ4v) is 5.05. The molecule has 4 aromatic rings. The van der Waals surface area contributed by atoms with Gasteiger partial charge in [-0.1, -0.05) is 18.2 Å².